The van der Waals surface area contributed by atoms with Crippen molar-refractivity contribution in [1.29, 1.82) is 0 Å². The summed E-state index contributed by atoms with van der Waals surface area (Å²) in [6.45, 7) is 4.56. The average molecular weight is 308 g/mol. The molecule has 0 saturated heterocycles. The fourth-order valence-electron chi connectivity index (χ4n) is 2.44. The highest BCUT2D eigenvalue weighted by Gasteiger charge is 2.20. The fraction of sp³-hybridized carbons (Fsp3) is 0.176. The van der Waals surface area contributed by atoms with Crippen LogP contribution in [0.5, 0.6) is 0 Å². The number of pyridine rings is 1. The van der Waals surface area contributed by atoms with Crippen LogP contribution in [0.3, 0.4) is 0 Å². The van der Waals surface area contributed by atoms with Crippen molar-refractivity contribution >= 4 is 5.97 Å². The molecule has 116 valence electrons. The Morgan fingerprint density at radius 1 is 1.13 bits per heavy atom. The van der Waals surface area contributed by atoms with Crippen molar-refractivity contribution in [2.24, 2.45) is 0 Å². The first-order valence-electron chi connectivity index (χ1n) is 7.19. The Balaban J connectivity index is 2.06. The number of carboxylic acids is 1. The first-order chi connectivity index (χ1) is 11.1. The molecule has 0 amide bonds. The van der Waals surface area contributed by atoms with Crippen LogP contribution in [0.2, 0.25) is 0 Å². The van der Waals surface area contributed by atoms with E-state index in [1.807, 2.05) is 19.1 Å². The van der Waals surface area contributed by atoms with Gasteiger partial charge in [0.1, 0.15) is 5.69 Å². The predicted octanol–water partition coefficient (Wildman–Crippen LogP) is 2.70. The van der Waals surface area contributed by atoms with Gasteiger partial charge in [0.05, 0.1) is 6.54 Å². The highest BCUT2D eigenvalue weighted by Crippen LogP contribution is 2.23. The van der Waals surface area contributed by atoms with E-state index in [0.717, 1.165) is 11.1 Å². The van der Waals surface area contributed by atoms with Crippen molar-refractivity contribution in [2.45, 2.75) is 20.4 Å². The smallest absolute Gasteiger partial charge is 0.358 e. The fourth-order valence-corrected chi connectivity index (χ4v) is 2.44. The molecule has 6 heteroatoms. The molecule has 0 aliphatic carbocycles. The summed E-state index contributed by atoms with van der Waals surface area (Å²) in [5.74, 6) is -1.09. The monoisotopic (exact) mass is 308 g/mol. The minimum atomic E-state index is -1.09. The third-order valence-corrected chi connectivity index (χ3v) is 3.80. The average Bonchev–Trinajstić information content (AvgIpc) is 2.95. The number of hydrogen-bond donors (Lipinski definition) is 1. The topological polar surface area (TPSA) is 80.9 Å². The van der Waals surface area contributed by atoms with Gasteiger partial charge in [-0.15, -0.1) is 5.10 Å². The molecule has 6 nitrogen and oxygen atoms in total. The maximum absolute atomic E-state index is 11.4. The van der Waals surface area contributed by atoms with E-state index in [-0.39, 0.29) is 5.69 Å². The molecule has 0 radical (unpaired) electrons. The number of hydrogen-bond acceptors (Lipinski definition) is 4. The van der Waals surface area contributed by atoms with Crippen molar-refractivity contribution in [3.8, 4) is 11.3 Å². The third-order valence-electron chi connectivity index (χ3n) is 3.80. The van der Waals surface area contributed by atoms with E-state index in [2.05, 4.69) is 28.3 Å². The Morgan fingerprint density at radius 3 is 2.52 bits per heavy atom. The minimum Gasteiger partial charge on any atom is -0.476 e. The number of nitrogens with zero attached hydrogens (tertiary/aromatic N) is 4. The number of carbonyl (C=O) groups is 1. The van der Waals surface area contributed by atoms with E-state index in [9.17, 15) is 9.90 Å². The minimum absolute atomic E-state index is 0.0555. The highest BCUT2D eigenvalue weighted by atomic mass is 16.4. The lowest BCUT2D eigenvalue weighted by Gasteiger charge is -2.09. The van der Waals surface area contributed by atoms with Crippen LogP contribution in [0, 0.1) is 13.8 Å². The molecular weight excluding hydrogens is 292 g/mol. The molecule has 2 aromatic heterocycles. The maximum atomic E-state index is 11.4. The van der Waals surface area contributed by atoms with Crippen LogP contribution in [0.1, 0.15) is 27.2 Å². The van der Waals surface area contributed by atoms with Crippen LogP contribution in [0.4, 0.5) is 0 Å². The van der Waals surface area contributed by atoms with Crippen molar-refractivity contribution in [3.63, 3.8) is 0 Å². The summed E-state index contributed by atoms with van der Waals surface area (Å²) < 4.78 is 1.61. The Kier molecular flexibility index (Phi) is 3.89. The molecule has 2 heterocycles. The van der Waals surface area contributed by atoms with Crippen molar-refractivity contribution < 1.29 is 9.90 Å². The summed E-state index contributed by atoms with van der Waals surface area (Å²) >= 11 is 0. The molecule has 0 unspecified atom stereocenters. The Bertz CT molecular complexity index is 856. The van der Waals surface area contributed by atoms with Crippen LogP contribution in [-0.4, -0.2) is 31.1 Å². The van der Waals surface area contributed by atoms with Crippen molar-refractivity contribution in [3.05, 3.63) is 65.1 Å². The van der Waals surface area contributed by atoms with Crippen molar-refractivity contribution in [1.82, 2.24) is 20.0 Å². The zero-order valence-electron chi connectivity index (χ0n) is 12.9. The molecule has 0 fully saturated rings. The summed E-state index contributed by atoms with van der Waals surface area (Å²) in [7, 11) is 0. The molecule has 23 heavy (non-hydrogen) atoms. The van der Waals surface area contributed by atoms with E-state index >= 15 is 0 Å². The van der Waals surface area contributed by atoms with Gasteiger partial charge in [-0.3, -0.25) is 4.98 Å². The summed E-state index contributed by atoms with van der Waals surface area (Å²) in [4.78, 5) is 15.4. The van der Waals surface area contributed by atoms with E-state index in [1.54, 1.807) is 29.2 Å². The normalized spacial score (nSPS) is 10.7. The number of benzene rings is 1. The Labute approximate surface area is 133 Å². The van der Waals surface area contributed by atoms with Gasteiger partial charge in [0, 0.05) is 18.0 Å². The van der Waals surface area contributed by atoms with Gasteiger partial charge in [0.25, 0.3) is 0 Å². The van der Waals surface area contributed by atoms with E-state index in [1.165, 1.54) is 11.1 Å². The molecule has 1 N–H and O–H groups in total. The second kappa shape index (κ2) is 6.00. The van der Waals surface area contributed by atoms with Gasteiger partial charge in [-0.1, -0.05) is 23.4 Å². The lowest BCUT2D eigenvalue weighted by atomic mass is 10.1. The standard InChI is InChI=1S/C17H16N4O2/c1-11-3-4-13(9-12(11)2)10-21-16(14-5-7-18-8-6-14)15(17(22)23)19-20-21/h3-9H,10H2,1-2H3,(H,22,23). The van der Waals surface area contributed by atoms with E-state index in [0.29, 0.717) is 12.2 Å². The molecule has 0 saturated carbocycles. The third kappa shape index (κ3) is 2.96. The largest absolute Gasteiger partial charge is 0.476 e. The summed E-state index contributed by atoms with van der Waals surface area (Å²) in [6, 6.07) is 9.64. The summed E-state index contributed by atoms with van der Waals surface area (Å²) in [5.41, 5.74) is 4.61. The number of rotatable bonds is 4. The Morgan fingerprint density at radius 2 is 1.87 bits per heavy atom. The molecule has 3 aromatic rings. The lowest BCUT2D eigenvalue weighted by Crippen LogP contribution is -2.06. The number of carboxylic acid groups (broad SMARTS) is 1. The summed E-state index contributed by atoms with van der Waals surface area (Å²) in [5, 5.41) is 17.2. The van der Waals surface area contributed by atoms with Gasteiger partial charge < -0.3 is 5.11 Å². The van der Waals surface area contributed by atoms with Gasteiger partial charge >= 0.3 is 5.97 Å². The first kappa shape index (κ1) is 14.9. The summed E-state index contributed by atoms with van der Waals surface area (Å²) in [6.07, 6.45) is 3.24. The number of aryl methyl sites for hydroxylation is 2. The van der Waals surface area contributed by atoms with Gasteiger partial charge in [0.2, 0.25) is 0 Å². The first-order valence-corrected chi connectivity index (χ1v) is 7.19. The molecule has 0 aliphatic heterocycles. The molecular formula is C17H16N4O2. The quantitative estimate of drug-likeness (QED) is 0.801. The van der Waals surface area contributed by atoms with Gasteiger partial charge in [0.15, 0.2) is 5.69 Å². The molecule has 0 bridgehead atoms. The van der Waals surface area contributed by atoms with Crippen LogP contribution in [0.25, 0.3) is 11.3 Å². The predicted molar refractivity (Wildman–Crippen MR) is 85.2 cm³/mol. The van der Waals surface area contributed by atoms with Crippen LogP contribution in [0.15, 0.2) is 42.7 Å². The van der Waals surface area contributed by atoms with E-state index < -0.39 is 5.97 Å². The SMILES string of the molecule is Cc1ccc(Cn2nnc(C(=O)O)c2-c2ccncc2)cc1C. The molecule has 3 rings (SSSR count). The second-order valence-corrected chi connectivity index (χ2v) is 5.40. The Hall–Kier alpha value is -3.02. The second-order valence-electron chi connectivity index (χ2n) is 5.40. The van der Waals surface area contributed by atoms with Gasteiger partial charge in [-0.05, 0) is 42.7 Å². The van der Waals surface area contributed by atoms with Gasteiger partial charge in [-0.2, -0.15) is 0 Å². The zero-order chi connectivity index (χ0) is 16.4. The number of aromatic carboxylic acids is 1. The highest BCUT2D eigenvalue weighted by molar-refractivity contribution is 5.92. The molecule has 0 spiro atoms. The molecule has 0 atom stereocenters. The molecule has 1 aromatic carbocycles. The molecule has 0 aliphatic rings. The lowest BCUT2D eigenvalue weighted by molar-refractivity contribution is 0.0691. The van der Waals surface area contributed by atoms with Crippen LogP contribution < -0.4 is 0 Å². The van der Waals surface area contributed by atoms with E-state index in [4.69, 9.17) is 0 Å². The van der Waals surface area contributed by atoms with Crippen LogP contribution in [-0.2, 0) is 6.54 Å². The van der Waals surface area contributed by atoms with Gasteiger partial charge in [-0.25, -0.2) is 9.48 Å². The maximum Gasteiger partial charge on any atom is 0.358 e. The van der Waals surface area contributed by atoms with Crippen LogP contribution >= 0.6 is 0 Å². The van der Waals surface area contributed by atoms with Crippen molar-refractivity contribution in [2.75, 3.05) is 0 Å². The number of aromatic nitrogens is 4. The zero-order valence-corrected chi connectivity index (χ0v) is 12.9.